The smallest absolute Gasteiger partial charge is 0.189 e. The average molecular weight is 308 g/mol. The van der Waals surface area contributed by atoms with E-state index in [4.69, 9.17) is 4.74 Å². The highest BCUT2D eigenvalue weighted by atomic mass is 32.1. The Labute approximate surface area is 133 Å². The Balaban J connectivity index is 1.84. The van der Waals surface area contributed by atoms with Crippen LogP contribution in [0.2, 0.25) is 0 Å². The van der Waals surface area contributed by atoms with Crippen LogP contribution in [0.25, 0.3) is 16.2 Å². The van der Waals surface area contributed by atoms with Gasteiger partial charge in [-0.1, -0.05) is 30.3 Å². The first-order valence-corrected chi connectivity index (χ1v) is 8.02. The number of hydrogen-bond donors (Lipinski definition) is 0. The predicted octanol–water partition coefficient (Wildman–Crippen LogP) is 5.20. The fraction of sp³-hybridized carbons (Fsp3) is 0.105. The molecular formula is C19H16O2S. The number of benzene rings is 2. The Bertz CT molecular complexity index is 797. The Morgan fingerprint density at radius 3 is 2.73 bits per heavy atom. The number of allylic oxidation sites excluding steroid dienone is 1. The number of rotatable bonds is 5. The van der Waals surface area contributed by atoms with Crippen LogP contribution in [0.3, 0.4) is 0 Å². The van der Waals surface area contributed by atoms with Gasteiger partial charge in [0.05, 0.1) is 12.2 Å². The molecule has 3 heteroatoms. The molecule has 2 aromatic carbocycles. The molecule has 1 heterocycles. The van der Waals surface area contributed by atoms with E-state index >= 15 is 0 Å². The fourth-order valence-corrected chi connectivity index (χ4v) is 3.25. The van der Waals surface area contributed by atoms with E-state index in [1.807, 2.05) is 43.3 Å². The summed E-state index contributed by atoms with van der Waals surface area (Å²) in [5, 5.41) is 1.20. The van der Waals surface area contributed by atoms with Crippen LogP contribution in [-0.2, 0) is 0 Å². The lowest BCUT2D eigenvalue weighted by Gasteiger charge is -2.06. The van der Waals surface area contributed by atoms with Gasteiger partial charge in [-0.2, -0.15) is 0 Å². The molecule has 0 spiro atoms. The van der Waals surface area contributed by atoms with Crippen LogP contribution < -0.4 is 4.74 Å². The van der Waals surface area contributed by atoms with Gasteiger partial charge in [0.25, 0.3) is 0 Å². The first kappa shape index (κ1) is 14.5. The second-order valence-electron chi connectivity index (χ2n) is 4.81. The van der Waals surface area contributed by atoms with Crippen molar-refractivity contribution >= 4 is 33.3 Å². The maximum atomic E-state index is 12.4. The van der Waals surface area contributed by atoms with Gasteiger partial charge < -0.3 is 4.74 Å². The largest absolute Gasteiger partial charge is 0.493 e. The van der Waals surface area contributed by atoms with Crippen molar-refractivity contribution in [3.8, 4) is 5.75 Å². The highest BCUT2D eigenvalue weighted by molar-refractivity contribution is 7.19. The number of ether oxygens (including phenoxy) is 1. The van der Waals surface area contributed by atoms with Gasteiger partial charge in [-0.3, -0.25) is 4.79 Å². The molecule has 22 heavy (non-hydrogen) atoms. The Morgan fingerprint density at radius 2 is 1.91 bits per heavy atom. The molecule has 1 aromatic heterocycles. The van der Waals surface area contributed by atoms with E-state index in [9.17, 15) is 4.79 Å². The second-order valence-corrected chi connectivity index (χ2v) is 5.93. The summed E-state index contributed by atoms with van der Waals surface area (Å²) in [7, 11) is 0. The molecule has 0 unspecified atom stereocenters. The molecule has 0 amide bonds. The molecule has 0 aliphatic rings. The van der Waals surface area contributed by atoms with E-state index in [0.717, 1.165) is 4.88 Å². The SMILES string of the molecule is CCOc1ccccc1C(=O)C=Cc1cc2ccccc2s1. The van der Waals surface area contributed by atoms with E-state index in [-0.39, 0.29) is 5.78 Å². The van der Waals surface area contributed by atoms with Gasteiger partial charge in [0.15, 0.2) is 5.78 Å². The average Bonchev–Trinajstić information content (AvgIpc) is 2.96. The van der Waals surface area contributed by atoms with Crippen molar-refractivity contribution < 1.29 is 9.53 Å². The van der Waals surface area contributed by atoms with Crippen LogP contribution in [0.5, 0.6) is 5.75 Å². The third-order valence-electron chi connectivity index (χ3n) is 3.30. The van der Waals surface area contributed by atoms with E-state index in [1.165, 1.54) is 10.1 Å². The normalized spacial score (nSPS) is 11.1. The van der Waals surface area contributed by atoms with Gasteiger partial charge in [-0.25, -0.2) is 0 Å². The highest BCUT2D eigenvalue weighted by Crippen LogP contribution is 2.26. The van der Waals surface area contributed by atoms with Gasteiger partial charge in [0.1, 0.15) is 5.75 Å². The van der Waals surface area contributed by atoms with Crippen LogP contribution in [0.4, 0.5) is 0 Å². The molecule has 0 bridgehead atoms. The van der Waals surface area contributed by atoms with Crippen LogP contribution in [-0.4, -0.2) is 12.4 Å². The lowest BCUT2D eigenvalue weighted by Crippen LogP contribution is -2.01. The summed E-state index contributed by atoms with van der Waals surface area (Å²) in [6.07, 6.45) is 3.48. The van der Waals surface area contributed by atoms with Crippen LogP contribution in [0, 0.1) is 0 Å². The first-order valence-electron chi connectivity index (χ1n) is 7.21. The summed E-state index contributed by atoms with van der Waals surface area (Å²) in [6, 6.07) is 17.6. The molecule has 0 aliphatic carbocycles. The number of fused-ring (bicyclic) bond motifs is 1. The van der Waals surface area contributed by atoms with E-state index in [1.54, 1.807) is 23.5 Å². The summed E-state index contributed by atoms with van der Waals surface area (Å²) in [5.74, 6) is 0.595. The Morgan fingerprint density at radius 1 is 1.14 bits per heavy atom. The van der Waals surface area contributed by atoms with Crippen LogP contribution >= 0.6 is 11.3 Å². The summed E-state index contributed by atoms with van der Waals surface area (Å²) < 4.78 is 6.73. The number of carbonyl (C=O) groups excluding carboxylic acids is 1. The molecule has 0 fully saturated rings. The van der Waals surface area contributed by atoms with Gasteiger partial charge in [-0.15, -0.1) is 11.3 Å². The minimum Gasteiger partial charge on any atom is -0.493 e. The summed E-state index contributed by atoms with van der Waals surface area (Å²) in [6.45, 7) is 2.46. The summed E-state index contributed by atoms with van der Waals surface area (Å²) in [4.78, 5) is 13.4. The minimum absolute atomic E-state index is 0.0403. The van der Waals surface area contributed by atoms with Crippen molar-refractivity contribution in [1.82, 2.24) is 0 Å². The van der Waals surface area contributed by atoms with Crippen molar-refractivity contribution in [3.63, 3.8) is 0 Å². The number of thiophene rings is 1. The number of ketones is 1. The molecule has 0 atom stereocenters. The van der Waals surface area contributed by atoms with Gasteiger partial charge in [0.2, 0.25) is 0 Å². The number of carbonyl (C=O) groups is 1. The highest BCUT2D eigenvalue weighted by Gasteiger charge is 2.09. The van der Waals surface area contributed by atoms with E-state index in [2.05, 4.69) is 18.2 Å². The summed E-state index contributed by atoms with van der Waals surface area (Å²) >= 11 is 1.68. The predicted molar refractivity (Wildman–Crippen MR) is 92.8 cm³/mol. The first-order chi connectivity index (χ1) is 10.8. The van der Waals surface area contributed by atoms with Crippen LogP contribution in [0.1, 0.15) is 22.2 Å². The molecule has 0 saturated heterocycles. The Hall–Kier alpha value is -2.39. The van der Waals surface area contributed by atoms with Crippen LogP contribution in [0.15, 0.2) is 60.7 Å². The number of para-hydroxylation sites is 1. The number of hydrogen-bond acceptors (Lipinski definition) is 3. The second kappa shape index (κ2) is 6.58. The van der Waals surface area contributed by atoms with Gasteiger partial charge in [0, 0.05) is 9.58 Å². The monoisotopic (exact) mass is 308 g/mol. The van der Waals surface area contributed by atoms with Crippen molar-refractivity contribution in [2.75, 3.05) is 6.61 Å². The molecule has 0 saturated carbocycles. The third kappa shape index (κ3) is 3.10. The minimum atomic E-state index is -0.0403. The molecular weight excluding hydrogens is 292 g/mol. The lowest BCUT2D eigenvalue weighted by atomic mass is 10.1. The van der Waals surface area contributed by atoms with Crippen molar-refractivity contribution in [1.29, 1.82) is 0 Å². The lowest BCUT2D eigenvalue weighted by molar-refractivity contribution is 0.104. The topological polar surface area (TPSA) is 26.3 Å². The zero-order valence-electron chi connectivity index (χ0n) is 12.3. The molecule has 3 aromatic rings. The molecule has 0 N–H and O–H groups in total. The van der Waals surface area contributed by atoms with Crippen molar-refractivity contribution in [2.45, 2.75) is 6.92 Å². The Kier molecular flexibility index (Phi) is 4.35. The maximum absolute atomic E-state index is 12.4. The maximum Gasteiger partial charge on any atom is 0.189 e. The zero-order valence-corrected chi connectivity index (χ0v) is 13.1. The zero-order chi connectivity index (χ0) is 15.4. The standard InChI is InChI=1S/C19H16O2S/c1-2-21-18-9-5-4-8-16(18)17(20)12-11-15-13-14-7-3-6-10-19(14)22-15/h3-13H,2H2,1H3. The quantitative estimate of drug-likeness (QED) is 0.478. The third-order valence-corrected chi connectivity index (χ3v) is 4.38. The fourth-order valence-electron chi connectivity index (χ4n) is 2.28. The molecule has 3 rings (SSSR count). The van der Waals surface area contributed by atoms with Crippen molar-refractivity contribution in [3.05, 3.63) is 71.1 Å². The molecule has 110 valence electrons. The molecule has 2 nitrogen and oxygen atoms in total. The van der Waals surface area contributed by atoms with Gasteiger partial charge >= 0.3 is 0 Å². The van der Waals surface area contributed by atoms with E-state index < -0.39 is 0 Å². The molecule has 0 aliphatic heterocycles. The molecule has 0 radical (unpaired) electrons. The van der Waals surface area contributed by atoms with E-state index in [0.29, 0.717) is 17.9 Å². The summed E-state index contributed by atoms with van der Waals surface area (Å²) in [5.41, 5.74) is 0.599. The van der Waals surface area contributed by atoms with Crippen molar-refractivity contribution in [2.24, 2.45) is 0 Å². The van der Waals surface area contributed by atoms with Gasteiger partial charge in [-0.05, 0) is 48.7 Å².